The number of nitrogens with zero attached hydrogens (tertiary/aromatic N) is 3. The smallest absolute Gasteiger partial charge is 0.276 e. The number of hydrogen-bond acceptors (Lipinski definition) is 6. The molecule has 10 heteroatoms. The summed E-state index contributed by atoms with van der Waals surface area (Å²) in [6, 6.07) is 0. The zero-order valence-corrected chi connectivity index (χ0v) is 13.7. The first-order chi connectivity index (χ1) is 11.3. The Morgan fingerprint density at radius 3 is 2.54 bits per heavy atom. The second-order valence-corrected chi connectivity index (χ2v) is 6.15. The average Bonchev–Trinajstić information content (AvgIpc) is 2.52. The van der Waals surface area contributed by atoms with Gasteiger partial charge in [0.05, 0.1) is 19.3 Å². The minimum absolute atomic E-state index is 0.0445. The highest BCUT2D eigenvalue weighted by atomic mass is 19.3. The van der Waals surface area contributed by atoms with E-state index in [1.165, 1.54) is 19.1 Å². The third-order valence-corrected chi connectivity index (χ3v) is 4.52. The number of morpholine rings is 1. The van der Waals surface area contributed by atoms with E-state index in [1.54, 1.807) is 0 Å². The topological polar surface area (TPSA) is 85.4 Å². The molecule has 0 bridgehead atoms. The highest BCUT2D eigenvalue weighted by Gasteiger charge is 2.46. The molecule has 8 nitrogen and oxygen atoms in total. The predicted octanol–water partition coefficient (Wildman–Crippen LogP) is -0.850. The number of rotatable bonds is 4. The molecule has 24 heavy (non-hydrogen) atoms. The molecule has 2 aliphatic heterocycles. The van der Waals surface area contributed by atoms with Crippen molar-refractivity contribution >= 4 is 12.0 Å². The number of halogens is 2. The zero-order chi connectivity index (χ0) is 17.9. The molecule has 2 rings (SSSR count). The van der Waals surface area contributed by atoms with E-state index in [2.05, 4.69) is 0 Å². The first-order valence-corrected chi connectivity index (χ1v) is 7.72. The van der Waals surface area contributed by atoms with Crippen molar-refractivity contribution in [2.24, 2.45) is 0 Å². The molecule has 138 valence electrons. The minimum Gasteiger partial charge on any atom is -0.530 e. The van der Waals surface area contributed by atoms with Gasteiger partial charge in [-0.15, -0.1) is 0 Å². The van der Waals surface area contributed by atoms with Crippen molar-refractivity contribution in [3.8, 4) is 0 Å². The number of carboxylic acid groups (broad SMARTS) is 1. The molecule has 1 atom stereocenters. The van der Waals surface area contributed by atoms with Gasteiger partial charge in [0.15, 0.2) is 6.10 Å². The molecule has 2 aliphatic rings. The van der Waals surface area contributed by atoms with Gasteiger partial charge in [-0.3, -0.25) is 14.5 Å². The van der Waals surface area contributed by atoms with Crippen molar-refractivity contribution < 1.29 is 33.1 Å². The summed E-state index contributed by atoms with van der Waals surface area (Å²) in [5.41, 5.74) is -0.825. The summed E-state index contributed by atoms with van der Waals surface area (Å²) in [5.74, 6) is -0.460. The van der Waals surface area contributed by atoms with E-state index < -0.39 is 36.7 Å². The van der Waals surface area contributed by atoms with Crippen LogP contribution in [0.5, 0.6) is 0 Å². The number of alkyl halides is 2. The maximum atomic E-state index is 12.8. The summed E-state index contributed by atoms with van der Waals surface area (Å²) in [4.78, 5) is 30.7. The largest absolute Gasteiger partial charge is 0.530 e. The van der Waals surface area contributed by atoms with E-state index in [-0.39, 0.29) is 26.2 Å². The van der Waals surface area contributed by atoms with Crippen molar-refractivity contribution in [3.63, 3.8) is 0 Å². The molecule has 0 aliphatic carbocycles. The Morgan fingerprint density at radius 2 is 2.04 bits per heavy atom. The molecule has 0 aromatic rings. The van der Waals surface area contributed by atoms with Crippen LogP contribution in [0.3, 0.4) is 0 Å². The number of hydroxylamine groups is 2. The third-order valence-electron chi connectivity index (χ3n) is 4.52. The van der Waals surface area contributed by atoms with Crippen LogP contribution in [0.1, 0.15) is 12.8 Å². The van der Waals surface area contributed by atoms with Gasteiger partial charge in [0.1, 0.15) is 6.09 Å². The molecule has 0 N–H and O–H groups in total. The molecule has 2 amide bonds. The summed E-state index contributed by atoms with van der Waals surface area (Å²) >= 11 is 0. The van der Waals surface area contributed by atoms with Gasteiger partial charge >= 0.3 is 0 Å². The van der Waals surface area contributed by atoms with Crippen LogP contribution in [0.25, 0.3) is 0 Å². The highest BCUT2D eigenvalue weighted by Crippen LogP contribution is 2.33. The normalized spacial score (nSPS) is 24.4. The van der Waals surface area contributed by atoms with Crippen LogP contribution >= 0.6 is 0 Å². The van der Waals surface area contributed by atoms with Gasteiger partial charge < -0.3 is 19.5 Å². The van der Waals surface area contributed by atoms with E-state index in [9.17, 15) is 23.5 Å². The van der Waals surface area contributed by atoms with Crippen molar-refractivity contribution in [1.82, 2.24) is 14.9 Å². The first-order valence-electron chi connectivity index (χ1n) is 7.72. The lowest BCUT2D eigenvalue weighted by atomic mass is 9.88. The molecule has 2 fully saturated rings. The fourth-order valence-corrected chi connectivity index (χ4v) is 3.21. The number of piperidine rings is 1. The predicted molar refractivity (Wildman–Crippen MR) is 76.0 cm³/mol. The number of amides is 2. The van der Waals surface area contributed by atoms with Gasteiger partial charge in [0, 0.05) is 33.2 Å². The number of hydrogen-bond donors (Lipinski definition) is 0. The van der Waals surface area contributed by atoms with Crippen LogP contribution in [-0.4, -0.2) is 91.9 Å². The number of likely N-dealkylation sites (tertiary alicyclic amines) is 1. The zero-order valence-electron chi connectivity index (χ0n) is 13.7. The summed E-state index contributed by atoms with van der Waals surface area (Å²) in [6.07, 6.45) is -4.09. The Morgan fingerprint density at radius 1 is 1.42 bits per heavy atom. The Bertz CT molecular complexity index is 471. The summed E-state index contributed by atoms with van der Waals surface area (Å²) in [6.45, 7) is 0.190. The quantitative estimate of drug-likeness (QED) is 0.614. The SMILES string of the molecule is CON(C)C(=O)C1CN(CC(F)F)CC2(CCN(C(=O)[O-])CC2)O1. The van der Waals surface area contributed by atoms with Gasteiger partial charge in [-0.25, -0.2) is 13.8 Å². The molecule has 0 saturated carbocycles. The van der Waals surface area contributed by atoms with Gasteiger partial charge in [0.2, 0.25) is 0 Å². The van der Waals surface area contributed by atoms with Gasteiger partial charge in [-0.05, 0) is 12.8 Å². The van der Waals surface area contributed by atoms with Gasteiger partial charge in [0.25, 0.3) is 12.3 Å². The molecular formula is C14H22F2N3O5-. The van der Waals surface area contributed by atoms with E-state index in [0.29, 0.717) is 12.8 Å². The average molecular weight is 350 g/mol. The van der Waals surface area contributed by atoms with E-state index >= 15 is 0 Å². The fraction of sp³-hybridized carbons (Fsp3) is 0.857. The third kappa shape index (κ3) is 4.31. The molecule has 1 unspecified atom stereocenters. The molecule has 2 heterocycles. The Hall–Kier alpha value is -1.52. The Balaban J connectivity index is 2.12. The summed E-state index contributed by atoms with van der Waals surface area (Å²) in [5, 5.41) is 11.9. The number of carbonyl (C=O) groups is 2. The van der Waals surface area contributed by atoms with Crippen LogP contribution in [0.4, 0.5) is 13.6 Å². The van der Waals surface area contributed by atoms with E-state index in [4.69, 9.17) is 9.57 Å². The Kier molecular flexibility index (Phi) is 5.94. The molecular weight excluding hydrogens is 328 g/mol. The fourth-order valence-electron chi connectivity index (χ4n) is 3.21. The summed E-state index contributed by atoms with van der Waals surface area (Å²) in [7, 11) is 2.74. The molecule has 0 radical (unpaired) electrons. The number of ether oxygens (including phenoxy) is 1. The maximum absolute atomic E-state index is 12.8. The van der Waals surface area contributed by atoms with Crippen LogP contribution in [0.2, 0.25) is 0 Å². The van der Waals surface area contributed by atoms with Crippen LogP contribution in [0, 0.1) is 0 Å². The molecule has 0 aromatic heterocycles. The van der Waals surface area contributed by atoms with Crippen LogP contribution in [-0.2, 0) is 14.4 Å². The van der Waals surface area contributed by atoms with Gasteiger partial charge in [-0.2, -0.15) is 0 Å². The second-order valence-electron chi connectivity index (χ2n) is 6.15. The minimum atomic E-state index is -2.53. The lowest BCUT2D eigenvalue weighted by Crippen LogP contribution is -2.63. The highest BCUT2D eigenvalue weighted by molar-refractivity contribution is 5.80. The van der Waals surface area contributed by atoms with E-state index in [0.717, 1.165) is 9.96 Å². The number of likely N-dealkylation sites (N-methyl/N-ethyl adjacent to an activating group) is 1. The van der Waals surface area contributed by atoms with Crippen molar-refractivity contribution in [2.75, 3.05) is 46.9 Å². The second kappa shape index (κ2) is 7.58. The van der Waals surface area contributed by atoms with Gasteiger partial charge in [-0.1, -0.05) is 0 Å². The molecule has 2 saturated heterocycles. The first kappa shape index (κ1) is 18.8. The van der Waals surface area contributed by atoms with Crippen LogP contribution in [0.15, 0.2) is 0 Å². The summed E-state index contributed by atoms with van der Waals surface area (Å²) < 4.78 is 31.5. The Labute approximate surface area is 138 Å². The lowest BCUT2D eigenvalue weighted by molar-refractivity contribution is -0.270. The van der Waals surface area contributed by atoms with Crippen molar-refractivity contribution in [3.05, 3.63) is 0 Å². The lowest BCUT2D eigenvalue weighted by Gasteiger charge is -2.50. The van der Waals surface area contributed by atoms with Crippen molar-refractivity contribution in [2.45, 2.75) is 31.0 Å². The standard InChI is InChI=1S/C14H23F2N3O5/c1-17(23-2)12(20)10-7-18(8-11(15)16)9-14(24-10)3-5-19(6-4-14)13(21)22/h10-11H,3-9H2,1-2H3,(H,21,22)/p-1. The molecule has 1 spiro atoms. The number of carbonyl (C=O) groups excluding carboxylic acids is 2. The molecule has 0 aromatic carbocycles. The van der Waals surface area contributed by atoms with Crippen molar-refractivity contribution in [1.29, 1.82) is 0 Å². The van der Waals surface area contributed by atoms with E-state index in [1.807, 2.05) is 0 Å². The maximum Gasteiger partial charge on any atom is 0.276 e. The van der Waals surface area contributed by atoms with Crippen LogP contribution < -0.4 is 5.11 Å². The monoisotopic (exact) mass is 350 g/mol.